The van der Waals surface area contributed by atoms with E-state index in [1.165, 1.54) is 13.2 Å². The zero-order chi connectivity index (χ0) is 21.2. The normalized spacial score (nSPS) is 31.6. The molecule has 0 aliphatic heterocycles. The van der Waals surface area contributed by atoms with Crippen LogP contribution in [0.3, 0.4) is 0 Å². The number of ether oxygens (including phenoxy) is 3. The SMILES string of the molecule is COC(=O)/C=C(\COCc1ccccc1)S(=O)[C@@H]1C2CC[C@@](C)([C@@H]1OC)C2(C)C. The third-order valence-corrected chi connectivity index (χ3v) is 9.11. The summed E-state index contributed by atoms with van der Waals surface area (Å²) in [6.07, 6.45) is 3.30. The van der Waals surface area contributed by atoms with Crippen molar-refractivity contribution in [2.24, 2.45) is 16.7 Å². The molecule has 2 unspecified atom stereocenters. The van der Waals surface area contributed by atoms with Crippen molar-refractivity contribution in [1.29, 1.82) is 0 Å². The number of rotatable bonds is 8. The lowest BCUT2D eigenvalue weighted by atomic mass is 9.70. The van der Waals surface area contributed by atoms with Gasteiger partial charge in [-0.05, 0) is 29.7 Å². The molecule has 0 aromatic heterocycles. The summed E-state index contributed by atoms with van der Waals surface area (Å²) >= 11 is 0. The zero-order valence-electron chi connectivity index (χ0n) is 18.0. The van der Waals surface area contributed by atoms with E-state index in [0.29, 0.717) is 11.5 Å². The monoisotopic (exact) mass is 420 g/mol. The van der Waals surface area contributed by atoms with Gasteiger partial charge in [0.25, 0.3) is 0 Å². The van der Waals surface area contributed by atoms with Crippen molar-refractivity contribution < 1.29 is 23.2 Å². The lowest BCUT2D eigenvalue weighted by Crippen LogP contribution is -2.43. The second kappa shape index (κ2) is 8.70. The van der Waals surface area contributed by atoms with Gasteiger partial charge in [0.15, 0.2) is 0 Å². The van der Waals surface area contributed by atoms with E-state index >= 15 is 0 Å². The molecule has 2 saturated carbocycles. The molecule has 5 nitrogen and oxygen atoms in total. The Bertz CT molecular complexity index is 788. The van der Waals surface area contributed by atoms with Crippen LogP contribution >= 0.6 is 0 Å². The molecule has 0 amide bonds. The van der Waals surface area contributed by atoms with Crippen molar-refractivity contribution in [2.45, 2.75) is 51.6 Å². The van der Waals surface area contributed by atoms with Gasteiger partial charge < -0.3 is 14.2 Å². The Morgan fingerprint density at radius 1 is 1.21 bits per heavy atom. The molecule has 0 heterocycles. The van der Waals surface area contributed by atoms with Gasteiger partial charge in [0.05, 0.1) is 42.5 Å². The van der Waals surface area contributed by atoms with Crippen molar-refractivity contribution in [3.05, 3.63) is 46.9 Å². The molecule has 2 aliphatic carbocycles. The number of hydrogen-bond donors (Lipinski definition) is 0. The van der Waals surface area contributed by atoms with E-state index in [1.807, 2.05) is 30.3 Å². The molecule has 0 radical (unpaired) electrons. The number of methoxy groups -OCH3 is 2. The van der Waals surface area contributed by atoms with Crippen molar-refractivity contribution in [3.8, 4) is 0 Å². The summed E-state index contributed by atoms with van der Waals surface area (Å²) in [5, 5.41) is -0.162. The van der Waals surface area contributed by atoms with E-state index in [4.69, 9.17) is 14.2 Å². The molecule has 3 rings (SSSR count). The van der Waals surface area contributed by atoms with Crippen LogP contribution in [0.4, 0.5) is 0 Å². The highest BCUT2D eigenvalue weighted by molar-refractivity contribution is 7.89. The molecule has 29 heavy (non-hydrogen) atoms. The maximum absolute atomic E-state index is 13.7. The molecule has 5 atom stereocenters. The minimum atomic E-state index is -1.40. The molecule has 2 bridgehead atoms. The van der Waals surface area contributed by atoms with Gasteiger partial charge in [0, 0.05) is 23.5 Å². The van der Waals surface area contributed by atoms with E-state index in [1.54, 1.807) is 7.11 Å². The molecule has 1 aromatic carbocycles. The smallest absolute Gasteiger partial charge is 0.331 e. The van der Waals surface area contributed by atoms with Crippen LogP contribution in [-0.2, 0) is 36.4 Å². The van der Waals surface area contributed by atoms with Gasteiger partial charge >= 0.3 is 5.97 Å². The van der Waals surface area contributed by atoms with Crippen molar-refractivity contribution in [2.75, 3.05) is 20.8 Å². The standard InChI is InChI=1S/C23H32O5S/c1-22(2)18-11-12-23(22,3)21(27-5)20(18)29(25)17(13-19(24)26-4)15-28-14-16-9-7-6-8-10-16/h6-10,13,18,20-21H,11-12,14-15H2,1-5H3/b17-13+/t18?,20-,21-,23+,29?/m1/s1. The lowest BCUT2D eigenvalue weighted by Gasteiger charge is -2.39. The summed E-state index contributed by atoms with van der Waals surface area (Å²) in [5.74, 6) is -0.243. The van der Waals surface area contributed by atoms with Gasteiger partial charge in [-0.3, -0.25) is 4.21 Å². The Kier molecular flexibility index (Phi) is 6.66. The van der Waals surface area contributed by atoms with Crippen molar-refractivity contribution in [1.82, 2.24) is 0 Å². The number of carbonyl (C=O) groups excluding carboxylic acids is 1. The third-order valence-electron chi connectivity index (χ3n) is 7.29. The summed E-state index contributed by atoms with van der Waals surface area (Å²) in [5.41, 5.74) is 1.02. The molecule has 6 heteroatoms. The fourth-order valence-electron chi connectivity index (χ4n) is 5.24. The summed E-state index contributed by atoms with van der Waals surface area (Å²) in [7, 11) is 1.62. The van der Waals surface area contributed by atoms with Gasteiger partial charge in [0.1, 0.15) is 0 Å². The van der Waals surface area contributed by atoms with Crippen LogP contribution in [0.2, 0.25) is 0 Å². The number of hydrogen-bond acceptors (Lipinski definition) is 5. The quantitative estimate of drug-likeness (QED) is 0.472. The van der Waals surface area contributed by atoms with Crippen molar-refractivity contribution >= 4 is 16.8 Å². The summed E-state index contributed by atoms with van der Waals surface area (Å²) in [6.45, 7) is 7.26. The second-order valence-corrected chi connectivity index (χ2v) is 10.5. The lowest BCUT2D eigenvalue weighted by molar-refractivity contribution is -0.134. The average Bonchev–Trinajstić information content (AvgIpc) is 3.04. The minimum absolute atomic E-state index is 0.0231. The second-order valence-electron chi connectivity index (χ2n) is 8.81. The first-order valence-electron chi connectivity index (χ1n) is 10.1. The van der Waals surface area contributed by atoms with Crippen LogP contribution in [0.15, 0.2) is 41.3 Å². The van der Waals surface area contributed by atoms with Crippen LogP contribution in [0, 0.1) is 16.7 Å². The Morgan fingerprint density at radius 2 is 1.90 bits per heavy atom. The predicted octanol–water partition coefficient (Wildman–Crippen LogP) is 3.85. The first kappa shape index (κ1) is 22.2. The van der Waals surface area contributed by atoms with Crippen LogP contribution in [0.5, 0.6) is 0 Å². The maximum Gasteiger partial charge on any atom is 0.331 e. The fraction of sp³-hybridized carbons (Fsp3) is 0.609. The molecule has 0 N–H and O–H groups in total. The summed E-state index contributed by atoms with van der Waals surface area (Å²) in [6, 6.07) is 9.79. The minimum Gasteiger partial charge on any atom is -0.466 e. The number of carbonyl (C=O) groups is 1. The van der Waals surface area contributed by atoms with Gasteiger partial charge in [-0.15, -0.1) is 0 Å². The molecule has 160 valence electrons. The largest absolute Gasteiger partial charge is 0.466 e. The first-order valence-corrected chi connectivity index (χ1v) is 11.3. The van der Waals surface area contributed by atoms with Gasteiger partial charge in [-0.2, -0.15) is 0 Å². The van der Waals surface area contributed by atoms with Gasteiger partial charge in [-0.1, -0.05) is 51.1 Å². The van der Waals surface area contributed by atoms with E-state index in [2.05, 4.69) is 20.8 Å². The topological polar surface area (TPSA) is 61.8 Å². The highest BCUT2D eigenvalue weighted by Gasteiger charge is 2.68. The van der Waals surface area contributed by atoms with E-state index < -0.39 is 16.8 Å². The van der Waals surface area contributed by atoms with Crippen LogP contribution in [0.1, 0.15) is 39.2 Å². The Hall–Kier alpha value is -1.50. The van der Waals surface area contributed by atoms with Gasteiger partial charge in [0.2, 0.25) is 0 Å². The molecular weight excluding hydrogens is 388 g/mol. The fourth-order valence-corrected chi connectivity index (χ4v) is 7.41. The molecule has 2 aliphatic rings. The first-order chi connectivity index (χ1) is 13.8. The maximum atomic E-state index is 13.7. The molecular formula is C23H32O5S. The highest BCUT2D eigenvalue weighted by Crippen LogP contribution is 2.67. The predicted molar refractivity (Wildman–Crippen MR) is 114 cm³/mol. The zero-order valence-corrected chi connectivity index (χ0v) is 18.8. The highest BCUT2D eigenvalue weighted by atomic mass is 32.2. The van der Waals surface area contributed by atoms with Gasteiger partial charge in [-0.25, -0.2) is 4.79 Å². The van der Waals surface area contributed by atoms with Crippen molar-refractivity contribution in [3.63, 3.8) is 0 Å². The van der Waals surface area contributed by atoms with Crippen LogP contribution in [-0.4, -0.2) is 42.4 Å². The number of benzene rings is 1. The average molecular weight is 421 g/mol. The van der Waals surface area contributed by atoms with Crippen LogP contribution in [0.25, 0.3) is 0 Å². The van der Waals surface area contributed by atoms with Crippen LogP contribution < -0.4 is 0 Å². The molecule has 1 aromatic rings. The molecule has 0 spiro atoms. The summed E-state index contributed by atoms with van der Waals surface area (Å²) in [4.78, 5) is 12.4. The third kappa shape index (κ3) is 3.94. The number of esters is 1. The number of fused-ring (bicyclic) bond motifs is 2. The summed E-state index contributed by atoms with van der Waals surface area (Å²) < 4.78 is 30.2. The van der Waals surface area contributed by atoms with E-state index in [9.17, 15) is 9.00 Å². The Balaban J connectivity index is 1.81. The Labute approximate surface area is 176 Å². The molecule has 2 fully saturated rings. The molecule has 0 saturated heterocycles. The Morgan fingerprint density at radius 3 is 2.52 bits per heavy atom. The van der Waals surface area contributed by atoms with E-state index in [-0.39, 0.29) is 34.7 Å². The van der Waals surface area contributed by atoms with E-state index in [0.717, 1.165) is 18.4 Å².